The maximum absolute atomic E-state index is 6.07. The quantitative estimate of drug-likeness (QED) is 0.849. The van der Waals surface area contributed by atoms with Crippen LogP contribution in [0.25, 0.3) is 0 Å². The number of furan rings is 1. The average molecular weight is 279 g/mol. The maximum Gasteiger partial charge on any atom is 0.118 e. The first-order valence-corrected chi connectivity index (χ1v) is 7.72. The molecular weight excluding hydrogens is 254 g/mol. The highest BCUT2D eigenvalue weighted by Crippen LogP contribution is 2.37. The maximum atomic E-state index is 6.07. The lowest BCUT2D eigenvalue weighted by Gasteiger charge is -2.38. The van der Waals surface area contributed by atoms with Crippen LogP contribution in [-0.2, 0) is 16.0 Å². The van der Waals surface area contributed by atoms with E-state index in [-0.39, 0.29) is 5.60 Å². The van der Waals surface area contributed by atoms with Crippen LogP contribution in [0.4, 0.5) is 0 Å². The van der Waals surface area contributed by atoms with E-state index in [2.05, 4.69) is 17.9 Å². The van der Waals surface area contributed by atoms with Gasteiger partial charge in [-0.3, -0.25) is 4.90 Å². The third kappa shape index (κ3) is 3.08. The molecule has 0 aliphatic carbocycles. The van der Waals surface area contributed by atoms with Crippen LogP contribution in [0, 0.1) is 6.92 Å². The lowest BCUT2D eigenvalue weighted by molar-refractivity contribution is -0.0472. The van der Waals surface area contributed by atoms with E-state index in [9.17, 15) is 0 Å². The monoisotopic (exact) mass is 279 g/mol. The topological polar surface area (TPSA) is 34.8 Å². The van der Waals surface area contributed by atoms with Gasteiger partial charge in [0.1, 0.15) is 11.5 Å². The Morgan fingerprint density at radius 2 is 2.15 bits per heavy atom. The summed E-state index contributed by atoms with van der Waals surface area (Å²) < 4.78 is 17.4. The predicted octanol–water partition coefficient (Wildman–Crippen LogP) is 2.75. The molecule has 4 heteroatoms. The van der Waals surface area contributed by atoms with Crippen molar-refractivity contribution in [3.8, 4) is 0 Å². The van der Waals surface area contributed by atoms with Crippen LogP contribution in [0.5, 0.6) is 0 Å². The molecule has 0 saturated carbocycles. The normalized spacial score (nSPS) is 26.4. The summed E-state index contributed by atoms with van der Waals surface area (Å²) in [5.74, 6) is 2.06. The number of hydrogen-bond acceptors (Lipinski definition) is 4. The van der Waals surface area contributed by atoms with Crippen molar-refractivity contribution in [3.05, 3.63) is 23.7 Å². The smallest absolute Gasteiger partial charge is 0.118 e. The second-order valence-electron chi connectivity index (χ2n) is 6.06. The molecule has 1 atom stereocenters. The van der Waals surface area contributed by atoms with Gasteiger partial charge in [0.05, 0.1) is 24.9 Å². The van der Waals surface area contributed by atoms with Crippen molar-refractivity contribution in [2.24, 2.45) is 0 Å². The summed E-state index contributed by atoms with van der Waals surface area (Å²) in [6, 6.07) is 4.12. The van der Waals surface area contributed by atoms with Gasteiger partial charge in [0.25, 0.3) is 0 Å². The Morgan fingerprint density at radius 3 is 2.80 bits per heavy atom. The van der Waals surface area contributed by atoms with E-state index in [0.717, 1.165) is 63.6 Å². The zero-order valence-corrected chi connectivity index (χ0v) is 12.6. The first-order valence-electron chi connectivity index (χ1n) is 7.72. The number of rotatable bonds is 4. The summed E-state index contributed by atoms with van der Waals surface area (Å²) in [6.07, 6.45) is 3.58. The molecule has 1 aromatic heterocycles. The summed E-state index contributed by atoms with van der Waals surface area (Å²) in [6.45, 7) is 8.68. The molecule has 20 heavy (non-hydrogen) atoms. The fourth-order valence-corrected chi connectivity index (χ4v) is 3.40. The lowest BCUT2D eigenvalue weighted by Crippen LogP contribution is -2.43. The van der Waals surface area contributed by atoms with E-state index < -0.39 is 0 Å². The van der Waals surface area contributed by atoms with E-state index in [1.54, 1.807) is 0 Å². The lowest BCUT2D eigenvalue weighted by atomic mass is 9.88. The predicted molar refractivity (Wildman–Crippen MR) is 76.7 cm³/mol. The van der Waals surface area contributed by atoms with Crippen molar-refractivity contribution in [2.75, 3.05) is 26.3 Å². The van der Waals surface area contributed by atoms with E-state index in [0.29, 0.717) is 6.10 Å². The Labute approximate surface area is 121 Å². The molecule has 0 radical (unpaired) electrons. The molecule has 0 N–H and O–H groups in total. The molecule has 112 valence electrons. The van der Waals surface area contributed by atoms with Gasteiger partial charge in [-0.25, -0.2) is 0 Å². The van der Waals surface area contributed by atoms with E-state index in [4.69, 9.17) is 13.9 Å². The summed E-state index contributed by atoms with van der Waals surface area (Å²) in [4.78, 5) is 2.46. The zero-order chi connectivity index (χ0) is 14.0. The van der Waals surface area contributed by atoms with Crippen LogP contribution in [0.15, 0.2) is 16.5 Å². The van der Waals surface area contributed by atoms with Gasteiger partial charge in [-0.15, -0.1) is 0 Å². The average Bonchev–Trinajstić information content (AvgIpc) is 3.01. The minimum atomic E-state index is 0.0788. The van der Waals surface area contributed by atoms with Crippen LogP contribution in [-0.4, -0.2) is 42.9 Å². The Hall–Kier alpha value is -0.840. The van der Waals surface area contributed by atoms with Crippen molar-refractivity contribution < 1.29 is 13.9 Å². The number of likely N-dealkylation sites (tertiary alicyclic amines) is 1. The van der Waals surface area contributed by atoms with Gasteiger partial charge < -0.3 is 13.9 Å². The van der Waals surface area contributed by atoms with Crippen LogP contribution in [0.3, 0.4) is 0 Å². The number of hydrogen-bond donors (Lipinski definition) is 0. The third-order valence-corrected chi connectivity index (χ3v) is 4.52. The molecule has 0 aromatic carbocycles. The van der Waals surface area contributed by atoms with Gasteiger partial charge >= 0.3 is 0 Å². The van der Waals surface area contributed by atoms with Crippen molar-refractivity contribution >= 4 is 0 Å². The van der Waals surface area contributed by atoms with Crippen molar-refractivity contribution in [1.29, 1.82) is 0 Å². The number of aryl methyl sites for hydroxylation is 1. The van der Waals surface area contributed by atoms with Gasteiger partial charge in [0.2, 0.25) is 0 Å². The Balaban J connectivity index is 1.50. The van der Waals surface area contributed by atoms with Crippen LogP contribution >= 0.6 is 0 Å². The van der Waals surface area contributed by atoms with Gasteiger partial charge in [0.15, 0.2) is 0 Å². The molecular formula is C16H25NO3. The molecule has 3 rings (SSSR count). The molecule has 1 unspecified atom stereocenters. The first-order chi connectivity index (χ1) is 9.69. The van der Waals surface area contributed by atoms with Gasteiger partial charge in [0, 0.05) is 26.1 Å². The fourth-order valence-electron chi connectivity index (χ4n) is 3.40. The number of ether oxygens (including phenoxy) is 2. The van der Waals surface area contributed by atoms with Crippen molar-refractivity contribution in [3.63, 3.8) is 0 Å². The van der Waals surface area contributed by atoms with Crippen LogP contribution in [0.2, 0.25) is 0 Å². The minimum absolute atomic E-state index is 0.0788. The van der Waals surface area contributed by atoms with Crippen LogP contribution < -0.4 is 0 Å². The molecule has 4 nitrogen and oxygen atoms in total. The summed E-state index contributed by atoms with van der Waals surface area (Å²) >= 11 is 0. The van der Waals surface area contributed by atoms with Gasteiger partial charge in [-0.2, -0.15) is 0 Å². The molecule has 2 aliphatic heterocycles. The van der Waals surface area contributed by atoms with Crippen LogP contribution in [0.1, 0.15) is 37.7 Å². The summed E-state index contributed by atoms with van der Waals surface area (Å²) in [5, 5.41) is 0. The highest BCUT2D eigenvalue weighted by molar-refractivity contribution is 5.06. The van der Waals surface area contributed by atoms with E-state index in [1.165, 1.54) is 0 Å². The standard InChI is InChI=1S/C16H25NO3/c1-3-18-15-10-16(19-12-15)6-8-17(9-7-16)11-14-5-4-13(2)20-14/h4-5,15H,3,6-12H2,1-2H3. The number of nitrogens with zero attached hydrogens (tertiary/aromatic N) is 1. The summed E-state index contributed by atoms with van der Waals surface area (Å²) in [5.41, 5.74) is 0.0788. The van der Waals surface area contributed by atoms with Gasteiger partial charge in [-0.1, -0.05) is 0 Å². The zero-order valence-electron chi connectivity index (χ0n) is 12.6. The van der Waals surface area contributed by atoms with Crippen molar-refractivity contribution in [2.45, 2.75) is 51.4 Å². The second-order valence-corrected chi connectivity index (χ2v) is 6.06. The Kier molecular flexibility index (Phi) is 4.15. The molecule has 3 heterocycles. The largest absolute Gasteiger partial charge is 0.465 e. The summed E-state index contributed by atoms with van der Waals surface area (Å²) in [7, 11) is 0. The molecule has 2 fully saturated rings. The van der Waals surface area contributed by atoms with Gasteiger partial charge in [-0.05, 0) is 38.8 Å². The minimum Gasteiger partial charge on any atom is -0.465 e. The Morgan fingerprint density at radius 1 is 1.35 bits per heavy atom. The van der Waals surface area contributed by atoms with E-state index in [1.807, 2.05) is 13.0 Å². The SMILES string of the molecule is CCOC1COC2(CCN(Cc3ccc(C)o3)CC2)C1. The molecule has 1 aromatic rings. The van der Waals surface area contributed by atoms with E-state index >= 15 is 0 Å². The molecule has 1 spiro atoms. The first kappa shape index (κ1) is 14.1. The fraction of sp³-hybridized carbons (Fsp3) is 0.750. The third-order valence-electron chi connectivity index (χ3n) is 4.52. The Bertz CT molecular complexity index is 435. The van der Waals surface area contributed by atoms with Crippen molar-refractivity contribution in [1.82, 2.24) is 4.90 Å². The molecule has 2 aliphatic rings. The highest BCUT2D eigenvalue weighted by Gasteiger charge is 2.42. The highest BCUT2D eigenvalue weighted by atomic mass is 16.6. The molecule has 0 bridgehead atoms. The molecule has 2 saturated heterocycles. The number of piperidine rings is 1. The molecule has 0 amide bonds. The second kappa shape index (κ2) is 5.88.